The highest BCUT2D eigenvalue weighted by atomic mass is 32.2. The van der Waals surface area contributed by atoms with Gasteiger partial charge in [-0.05, 0) is 71.6 Å². The Morgan fingerprint density at radius 1 is 1.00 bits per heavy atom. The van der Waals surface area contributed by atoms with Crippen LogP contribution in [-0.2, 0) is 24.8 Å². The molecule has 1 aromatic carbocycles. The van der Waals surface area contributed by atoms with Gasteiger partial charge in [0.2, 0.25) is 26.0 Å². The molecule has 1 aliphatic rings. The zero-order valence-corrected chi connectivity index (χ0v) is 18.9. The Morgan fingerprint density at radius 3 is 2.17 bits per heavy atom. The Kier molecular flexibility index (Phi) is 7.83. The molecule has 10 heteroatoms. The fourth-order valence-corrected chi connectivity index (χ4v) is 5.47. The number of rotatable bonds is 8. The first-order valence-corrected chi connectivity index (χ1v) is 12.9. The van der Waals surface area contributed by atoms with Crippen LogP contribution in [0.5, 0.6) is 0 Å². The summed E-state index contributed by atoms with van der Waals surface area (Å²) in [4.78, 5) is 12.7. The summed E-state index contributed by atoms with van der Waals surface area (Å²) in [7, 11) is -6.97. The van der Waals surface area contributed by atoms with Crippen LogP contribution in [0.4, 0.5) is 5.69 Å². The molecular formula is C19H31N3O5S2. The van der Waals surface area contributed by atoms with Crippen molar-refractivity contribution in [3.63, 3.8) is 0 Å². The van der Waals surface area contributed by atoms with Gasteiger partial charge < -0.3 is 5.32 Å². The molecule has 1 saturated carbocycles. The van der Waals surface area contributed by atoms with Crippen molar-refractivity contribution >= 4 is 31.6 Å². The van der Waals surface area contributed by atoms with Gasteiger partial charge in [0, 0.05) is 23.7 Å². The lowest BCUT2D eigenvalue weighted by Crippen LogP contribution is -2.42. The van der Waals surface area contributed by atoms with Crippen LogP contribution in [0, 0.1) is 5.92 Å². The van der Waals surface area contributed by atoms with Gasteiger partial charge in [-0.3, -0.25) is 4.79 Å². The molecular weight excluding hydrogens is 414 g/mol. The first-order valence-electron chi connectivity index (χ1n) is 9.85. The van der Waals surface area contributed by atoms with Crippen molar-refractivity contribution in [2.24, 2.45) is 5.92 Å². The smallest absolute Gasteiger partial charge is 0.240 e. The number of hydrogen-bond donors (Lipinski definition) is 3. The number of carbonyl (C=O) groups is 1. The number of carbonyl (C=O) groups excluding carboxylic acids is 1. The van der Waals surface area contributed by atoms with Gasteiger partial charge in [0.25, 0.3) is 0 Å². The van der Waals surface area contributed by atoms with Crippen LogP contribution in [-0.4, -0.2) is 40.1 Å². The Morgan fingerprint density at radius 2 is 1.62 bits per heavy atom. The van der Waals surface area contributed by atoms with E-state index >= 15 is 0 Å². The van der Waals surface area contributed by atoms with Gasteiger partial charge in [0.1, 0.15) is 0 Å². The third kappa shape index (κ3) is 6.77. The maximum absolute atomic E-state index is 12.6. The summed E-state index contributed by atoms with van der Waals surface area (Å²) in [6, 6.07) is 5.76. The molecule has 0 atom stereocenters. The standard InChI is InChI=1S/C19H31N3O5S2/c1-13(2)21-29(26,27)18-7-5-6-17(12-18)20-19(23)15-8-10-16(11-9-15)22-28(24,25)14(3)4/h5-7,12-16,21-22H,8-11H2,1-4H3,(H,20,23). The van der Waals surface area contributed by atoms with Crippen LogP contribution in [0.3, 0.4) is 0 Å². The Hall–Kier alpha value is -1.49. The SMILES string of the molecule is CC(C)NS(=O)(=O)c1cccc(NC(=O)C2CCC(NS(=O)(=O)C(C)C)CC2)c1. The summed E-state index contributed by atoms with van der Waals surface area (Å²) in [6.45, 7) is 6.74. The number of amides is 1. The molecule has 1 aromatic rings. The third-order valence-electron chi connectivity index (χ3n) is 4.85. The van der Waals surface area contributed by atoms with Crippen LogP contribution in [0.25, 0.3) is 0 Å². The average Bonchev–Trinajstić information content (AvgIpc) is 2.61. The van der Waals surface area contributed by atoms with Crippen LogP contribution < -0.4 is 14.8 Å². The normalized spacial score (nSPS) is 20.8. The summed E-state index contributed by atoms with van der Waals surface area (Å²) < 4.78 is 53.8. The van der Waals surface area contributed by atoms with Crippen LogP contribution in [0.2, 0.25) is 0 Å². The third-order valence-corrected chi connectivity index (χ3v) is 8.41. The fraction of sp³-hybridized carbons (Fsp3) is 0.632. The molecule has 1 aliphatic carbocycles. The van der Waals surface area contributed by atoms with E-state index in [0.717, 1.165) is 0 Å². The average molecular weight is 446 g/mol. The maximum Gasteiger partial charge on any atom is 0.240 e. The van der Waals surface area contributed by atoms with Crippen molar-refractivity contribution in [3.8, 4) is 0 Å². The summed E-state index contributed by atoms with van der Waals surface area (Å²) in [6.07, 6.45) is 2.33. The predicted molar refractivity (Wildman–Crippen MR) is 113 cm³/mol. The van der Waals surface area contributed by atoms with Crippen LogP contribution in [0.1, 0.15) is 53.4 Å². The van der Waals surface area contributed by atoms with Crippen molar-refractivity contribution < 1.29 is 21.6 Å². The molecule has 3 N–H and O–H groups in total. The number of sulfonamides is 2. The minimum atomic E-state index is -3.64. The second-order valence-electron chi connectivity index (χ2n) is 8.05. The van der Waals surface area contributed by atoms with E-state index in [1.54, 1.807) is 39.8 Å². The maximum atomic E-state index is 12.6. The molecule has 164 valence electrons. The van der Waals surface area contributed by atoms with Crippen molar-refractivity contribution in [1.82, 2.24) is 9.44 Å². The summed E-state index contributed by atoms with van der Waals surface area (Å²) in [5, 5.41) is 2.30. The number of benzene rings is 1. The van der Waals surface area contributed by atoms with E-state index in [9.17, 15) is 21.6 Å². The number of anilines is 1. The molecule has 0 bridgehead atoms. The highest BCUT2D eigenvalue weighted by Gasteiger charge is 2.29. The lowest BCUT2D eigenvalue weighted by molar-refractivity contribution is -0.120. The lowest BCUT2D eigenvalue weighted by atomic mass is 9.86. The molecule has 1 fully saturated rings. The number of nitrogens with one attached hydrogen (secondary N) is 3. The quantitative estimate of drug-likeness (QED) is 0.566. The Labute approximate surface area is 174 Å². The first-order chi connectivity index (χ1) is 13.4. The second kappa shape index (κ2) is 9.55. The van der Waals surface area contributed by atoms with Crippen molar-refractivity contribution in [1.29, 1.82) is 0 Å². The molecule has 2 rings (SSSR count). The highest BCUT2D eigenvalue weighted by molar-refractivity contribution is 7.90. The summed E-state index contributed by atoms with van der Waals surface area (Å²) in [5.74, 6) is -0.412. The Balaban J connectivity index is 1.96. The van der Waals surface area contributed by atoms with E-state index < -0.39 is 25.3 Å². The molecule has 0 radical (unpaired) electrons. The van der Waals surface area contributed by atoms with E-state index in [4.69, 9.17) is 0 Å². The predicted octanol–water partition coefficient (Wildman–Crippen LogP) is 2.20. The molecule has 0 saturated heterocycles. The molecule has 0 spiro atoms. The Bertz CT molecular complexity index is 919. The zero-order chi connectivity index (χ0) is 21.8. The van der Waals surface area contributed by atoms with Crippen LogP contribution >= 0.6 is 0 Å². The van der Waals surface area contributed by atoms with E-state index in [2.05, 4.69) is 14.8 Å². The van der Waals surface area contributed by atoms with Crippen LogP contribution in [0.15, 0.2) is 29.2 Å². The second-order valence-corrected chi connectivity index (χ2v) is 12.0. The van der Waals surface area contributed by atoms with Gasteiger partial charge in [-0.25, -0.2) is 26.3 Å². The van der Waals surface area contributed by atoms with Crippen molar-refractivity contribution in [2.75, 3.05) is 5.32 Å². The van der Waals surface area contributed by atoms with E-state index in [0.29, 0.717) is 31.4 Å². The molecule has 0 unspecified atom stereocenters. The van der Waals surface area contributed by atoms with E-state index in [-0.39, 0.29) is 28.8 Å². The van der Waals surface area contributed by atoms with E-state index in [1.165, 1.54) is 12.1 Å². The minimum Gasteiger partial charge on any atom is -0.326 e. The molecule has 0 aliphatic heterocycles. The van der Waals surface area contributed by atoms with Gasteiger partial charge in [0.05, 0.1) is 10.1 Å². The largest absolute Gasteiger partial charge is 0.326 e. The van der Waals surface area contributed by atoms with Gasteiger partial charge >= 0.3 is 0 Å². The topological polar surface area (TPSA) is 121 Å². The molecule has 0 aromatic heterocycles. The first kappa shape index (κ1) is 23.8. The summed E-state index contributed by atoms with van der Waals surface area (Å²) >= 11 is 0. The molecule has 0 heterocycles. The van der Waals surface area contributed by atoms with Gasteiger partial charge in [-0.15, -0.1) is 0 Å². The summed E-state index contributed by atoms with van der Waals surface area (Å²) in [5.41, 5.74) is 0.421. The molecule has 1 amide bonds. The lowest BCUT2D eigenvalue weighted by Gasteiger charge is -2.28. The van der Waals surface area contributed by atoms with Crippen molar-refractivity contribution in [2.45, 2.75) is 75.6 Å². The van der Waals surface area contributed by atoms with E-state index in [1.807, 2.05) is 0 Å². The fourth-order valence-electron chi connectivity index (χ4n) is 3.21. The minimum absolute atomic E-state index is 0.0933. The van der Waals surface area contributed by atoms with Gasteiger partial charge in [-0.2, -0.15) is 0 Å². The molecule has 29 heavy (non-hydrogen) atoms. The highest BCUT2D eigenvalue weighted by Crippen LogP contribution is 2.27. The van der Waals surface area contributed by atoms with Gasteiger partial charge in [-0.1, -0.05) is 6.07 Å². The monoisotopic (exact) mass is 445 g/mol. The zero-order valence-electron chi connectivity index (χ0n) is 17.3. The number of hydrogen-bond acceptors (Lipinski definition) is 5. The van der Waals surface area contributed by atoms with Crippen molar-refractivity contribution in [3.05, 3.63) is 24.3 Å². The molecule has 8 nitrogen and oxygen atoms in total. The van der Waals surface area contributed by atoms with Gasteiger partial charge in [0.15, 0.2) is 0 Å².